The number of nitrogens with one attached hydrogen (secondary N) is 2. The first-order valence-electron chi connectivity index (χ1n) is 9.08. The second-order valence-electron chi connectivity index (χ2n) is 6.32. The smallest absolute Gasteiger partial charge is 0.322 e. The molecule has 0 radical (unpaired) electrons. The first-order valence-corrected chi connectivity index (χ1v) is 9.08. The zero-order valence-corrected chi connectivity index (χ0v) is 16.2. The summed E-state index contributed by atoms with van der Waals surface area (Å²) in [4.78, 5) is 23.5. The van der Waals surface area contributed by atoms with Gasteiger partial charge in [-0.05, 0) is 52.6 Å². The van der Waals surface area contributed by atoms with Crippen molar-refractivity contribution in [3.8, 4) is 0 Å². The molecule has 0 saturated carbocycles. The molecule has 0 heterocycles. The Morgan fingerprint density at radius 1 is 0.875 bits per heavy atom. The number of carbonyl (C=O) groups excluding carboxylic acids is 2. The molecule has 2 N–H and O–H groups in total. The van der Waals surface area contributed by atoms with Crippen LogP contribution in [0.15, 0.2) is 0 Å². The molecule has 0 spiro atoms. The lowest BCUT2D eigenvalue weighted by Crippen LogP contribution is -2.34. The van der Waals surface area contributed by atoms with Gasteiger partial charge in [0.15, 0.2) is 0 Å². The van der Waals surface area contributed by atoms with Gasteiger partial charge in [0.25, 0.3) is 0 Å². The molecule has 0 rings (SSSR count). The molecule has 4 unspecified atom stereocenters. The Morgan fingerprint density at radius 3 is 1.88 bits per heavy atom. The molecule has 0 aliphatic rings. The van der Waals surface area contributed by atoms with Crippen LogP contribution in [0.5, 0.6) is 0 Å². The molecule has 0 aromatic carbocycles. The van der Waals surface area contributed by atoms with Gasteiger partial charge in [0.2, 0.25) is 0 Å². The fraction of sp³-hybridized carbons (Fsp3) is 0.889. The van der Waals surface area contributed by atoms with Gasteiger partial charge >= 0.3 is 11.9 Å². The average Bonchev–Trinajstić information content (AvgIpc) is 2.60. The third-order valence-electron chi connectivity index (χ3n) is 4.60. The van der Waals surface area contributed by atoms with Gasteiger partial charge < -0.3 is 20.1 Å². The minimum atomic E-state index is -0.295. The minimum Gasteiger partial charge on any atom is -0.465 e. The van der Waals surface area contributed by atoms with Crippen molar-refractivity contribution in [2.75, 3.05) is 27.3 Å². The van der Waals surface area contributed by atoms with Gasteiger partial charge in [-0.15, -0.1) is 0 Å². The summed E-state index contributed by atoms with van der Waals surface area (Å²) < 4.78 is 10.8. The maximum absolute atomic E-state index is 11.8. The first kappa shape index (κ1) is 22.9. The number of carbonyl (C=O) groups is 2. The predicted molar refractivity (Wildman–Crippen MR) is 95.8 cm³/mol. The molecule has 0 aromatic heterocycles. The normalized spacial score (nSPS) is 16.1. The van der Waals surface area contributed by atoms with Crippen LogP contribution in [-0.2, 0) is 19.1 Å². The molecular weight excluding hydrogens is 308 g/mol. The van der Waals surface area contributed by atoms with Crippen molar-refractivity contribution < 1.29 is 19.1 Å². The van der Waals surface area contributed by atoms with Gasteiger partial charge in [0, 0.05) is 0 Å². The van der Waals surface area contributed by atoms with Crippen LogP contribution in [0.25, 0.3) is 0 Å². The van der Waals surface area contributed by atoms with E-state index in [-0.39, 0.29) is 24.0 Å². The third-order valence-corrected chi connectivity index (χ3v) is 4.60. The summed E-state index contributed by atoms with van der Waals surface area (Å²) in [5.74, 6) is 0.227. The number of hydrogen-bond donors (Lipinski definition) is 2. The molecule has 0 saturated heterocycles. The quantitative estimate of drug-likeness (QED) is 0.499. The predicted octanol–water partition coefficient (Wildman–Crippen LogP) is 2.12. The average molecular weight is 344 g/mol. The molecule has 0 aromatic rings. The number of ether oxygens (including phenoxy) is 2. The van der Waals surface area contributed by atoms with Crippen LogP contribution >= 0.6 is 0 Å². The lowest BCUT2D eigenvalue weighted by atomic mass is 9.85. The van der Waals surface area contributed by atoms with Crippen molar-refractivity contribution in [2.24, 2.45) is 11.8 Å². The Bertz CT molecular complexity index is 363. The van der Waals surface area contributed by atoms with Gasteiger partial charge in [-0.3, -0.25) is 9.59 Å². The van der Waals surface area contributed by atoms with Crippen LogP contribution in [0.2, 0.25) is 0 Å². The zero-order valence-electron chi connectivity index (χ0n) is 16.2. The highest BCUT2D eigenvalue weighted by atomic mass is 16.5. The Balaban J connectivity index is 4.46. The minimum absolute atomic E-state index is 0.220. The van der Waals surface area contributed by atoms with E-state index >= 15 is 0 Å². The fourth-order valence-corrected chi connectivity index (χ4v) is 2.58. The molecule has 6 nitrogen and oxygen atoms in total. The number of likely N-dealkylation sites (N-methyl/N-ethyl adjacent to an activating group) is 2. The molecule has 142 valence electrons. The summed E-state index contributed by atoms with van der Waals surface area (Å²) in [5, 5.41) is 5.76. The monoisotopic (exact) mass is 344 g/mol. The van der Waals surface area contributed by atoms with E-state index in [9.17, 15) is 9.59 Å². The fourth-order valence-electron chi connectivity index (χ4n) is 2.58. The Morgan fingerprint density at radius 2 is 1.42 bits per heavy atom. The van der Waals surface area contributed by atoms with Crippen molar-refractivity contribution in [3.05, 3.63) is 0 Å². The van der Waals surface area contributed by atoms with E-state index < -0.39 is 0 Å². The van der Waals surface area contributed by atoms with Crippen LogP contribution in [0, 0.1) is 11.8 Å². The molecular formula is C18H36N2O4. The summed E-state index contributed by atoms with van der Waals surface area (Å²) >= 11 is 0. The zero-order chi connectivity index (χ0) is 18.5. The molecule has 24 heavy (non-hydrogen) atoms. The molecule has 4 atom stereocenters. The van der Waals surface area contributed by atoms with Gasteiger partial charge in [0.05, 0.1) is 13.2 Å². The van der Waals surface area contributed by atoms with E-state index in [1.165, 1.54) is 0 Å². The highest BCUT2D eigenvalue weighted by molar-refractivity contribution is 5.75. The van der Waals surface area contributed by atoms with Gasteiger partial charge in [-0.25, -0.2) is 0 Å². The van der Waals surface area contributed by atoms with Gasteiger partial charge in [0.1, 0.15) is 12.1 Å². The molecule has 0 amide bonds. The van der Waals surface area contributed by atoms with E-state index in [4.69, 9.17) is 9.47 Å². The maximum Gasteiger partial charge on any atom is 0.322 e. The SMILES string of the molecule is CCCC(COC(=O)C(C)NC)C(CC)CCOC(=O)C(C)NC. The van der Waals surface area contributed by atoms with E-state index in [1.807, 2.05) is 0 Å². The summed E-state index contributed by atoms with van der Waals surface area (Å²) in [6.45, 7) is 8.66. The lowest BCUT2D eigenvalue weighted by Gasteiger charge is -2.26. The van der Waals surface area contributed by atoms with Gasteiger partial charge in [-0.2, -0.15) is 0 Å². The molecule has 6 heteroatoms. The van der Waals surface area contributed by atoms with Crippen LogP contribution in [0.1, 0.15) is 53.4 Å². The van der Waals surface area contributed by atoms with Crippen LogP contribution in [-0.4, -0.2) is 51.3 Å². The summed E-state index contributed by atoms with van der Waals surface area (Å²) in [6, 6.07) is -0.586. The topological polar surface area (TPSA) is 76.7 Å². The molecule has 0 aliphatic carbocycles. The second-order valence-corrected chi connectivity index (χ2v) is 6.32. The van der Waals surface area contributed by atoms with Crippen LogP contribution < -0.4 is 10.6 Å². The first-order chi connectivity index (χ1) is 11.4. The van der Waals surface area contributed by atoms with Crippen LogP contribution in [0.4, 0.5) is 0 Å². The summed E-state index contributed by atoms with van der Waals surface area (Å²) in [6.07, 6.45) is 3.81. The maximum atomic E-state index is 11.8. The Labute approximate surface area is 147 Å². The highest BCUT2D eigenvalue weighted by Crippen LogP contribution is 2.25. The molecule has 0 fully saturated rings. The van der Waals surface area contributed by atoms with Crippen molar-refractivity contribution in [1.82, 2.24) is 10.6 Å². The number of hydrogen-bond acceptors (Lipinski definition) is 6. The van der Waals surface area contributed by atoms with Gasteiger partial charge in [-0.1, -0.05) is 26.7 Å². The van der Waals surface area contributed by atoms with E-state index in [0.717, 1.165) is 25.7 Å². The van der Waals surface area contributed by atoms with E-state index in [0.29, 0.717) is 25.0 Å². The Hall–Kier alpha value is -1.14. The van der Waals surface area contributed by atoms with Crippen molar-refractivity contribution in [2.45, 2.75) is 65.5 Å². The van der Waals surface area contributed by atoms with E-state index in [1.54, 1.807) is 27.9 Å². The summed E-state index contributed by atoms with van der Waals surface area (Å²) in [7, 11) is 3.48. The number of rotatable bonds is 13. The summed E-state index contributed by atoms with van der Waals surface area (Å²) in [5.41, 5.74) is 0. The third kappa shape index (κ3) is 8.64. The molecule has 0 aliphatic heterocycles. The van der Waals surface area contributed by atoms with Crippen LogP contribution in [0.3, 0.4) is 0 Å². The largest absolute Gasteiger partial charge is 0.465 e. The van der Waals surface area contributed by atoms with Crippen molar-refractivity contribution in [3.63, 3.8) is 0 Å². The molecule has 0 bridgehead atoms. The van der Waals surface area contributed by atoms with E-state index in [2.05, 4.69) is 24.5 Å². The second kappa shape index (κ2) is 13.2. The Kier molecular flexibility index (Phi) is 12.6. The van der Waals surface area contributed by atoms with Crippen molar-refractivity contribution in [1.29, 1.82) is 0 Å². The standard InChI is InChI=1S/C18H36N2O4/c1-7-9-16(12-24-18(22)14(4)20-6)15(8-2)10-11-23-17(21)13(3)19-5/h13-16,19-20H,7-12H2,1-6H3. The highest BCUT2D eigenvalue weighted by Gasteiger charge is 2.23. The lowest BCUT2D eigenvalue weighted by molar-refractivity contribution is -0.147. The van der Waals surface area contributed by atoms with Crippen molar-refractivity contribution >= 4 is 11.9 Å². The number of esters is 2.